The Hall–Kier alpha value is -1.40. The number of hydrogen-bond donors (Lipinski definition) is 1. The van der Waals surface area contributed by atoms with Crippen molar-refractivity contribution in [1.82, 2.24) is 19.9 Å². The van der Waals surface area contributed by atoms with Crippen LogP contribution in [0.1, 0.15) is 12.7 Å². The second-order valence-corrected chi connectivity index (χ2v) is 4.54. The minimum absolute atomic E-state index is 0.196. The molecule has 0 amide bonds. The monoisotopic (exact) mass is 268 g/mol. The van der Waals surface area contributed by atoms with Crippen molar-refractivity contribution in [2.75, 3.05) is 0 Å². The third-order valence-electron chi connectivity index (χ3n) is 1.88. The quantitative estimate of drug-likeness (QED) is 0.680. The van der Waals surface area contributed by atoms with E-state index < -0.39 is 0 Å². The highest BCUT2D eigenvalue weighted by molar-refractivity contribution is 7.99. The van der Waals surface area contributed by atoms with Gasteiger partial charge in [0.05, 0.1) is 0 Å². The van der Waals surface area contributed by atoms with Gasteiger partial charge in [-0.25, -0.2) is 15.0 Å². The predicted octanol–water partition coefficient (Wildman–Crippen LogP) is 1.93. The van der Waals surface area contributed by atoms with Gasteiger partial charge in [-0.3, -0.25) is 4.79 Å². The summed E-state index contributed by atoms with van der Waals surface area (Å²) in [6.45, 7) is 1.95. The van der Waals surface area contributed by atoms with Gasteiger partial charge < -0.3 is 4.98 Å². The molecule has 0 atom stereocenters. The number of nitrogens with zero attached hydrogens (tertiary/aromatic N) is 3. The van der Waals surface area contributed by atoms with Crippen LogP contribution in [0.4, 0.5) is 0 Å². The summed E-state index contributed by atoms with van der Waals surface area (Å²) in [7, 11) is 0. The lowest BCUT2D eigenvalue weighted by atomic mass is 10.4. The van der Waals surface area contributed by atoms with Crippen LogP contribution in [0.5, 0.6) is 0 Å². The number of aromatic nitrogens is 4. The predicted molar refractivity (Wildman–Crippen MR) is 65.4 cm³/mol. The maximum atomic E-state index is 11.1. The molecular weight excluding hydrogens is 260 g/mol. The summed E-state index contributed by atoms with van der Waals surface area (Å²) in [4.78, 5) is 26.1. The van der Waals surface area contributed by atoms with Crippen LogP contribution in [0.25, 0.3) is 0 Å². The van der Waals surface area contributed by atoms with E-state index in [9.17, 15) is 4.79 Å². The fourth-order valence-corrected chi connectivity index (χ4v) is 2.21. The summed E-state index contributed by atoms with van der Waals surface area (Å²) < 4.78 is 0. The smallest absolute Gasteiger partial charge is 0.251 e. The third kappa shape index (κ3) is 3.28. The molecular formula is C10H9ClN4OS. The zero-order valence-electron chi connectivity index (χ0n) is 8.98. The van der Waals surface area contributed by atoms with Gasteiger partial charge in [0.2, 0.25) is 0 Å². The first kappa shape index (κ1) is 12.1. The number of aryl methyl sites for hydroxylation is 1. The Morgan fingerprint density at radius 3 is 3.00 bits per heavy atom. The van der Waals surface area contributed by atoms with E-state index in [2.05, 4.69) is 19.9 Å². The zero-order valence-corrected chi connectivity index (χ0v) is 10.5. The maximum absolute atomic E-state index is 11.1. The number of nitrogens with one attached hydrogen (secondary N) is 1. The van der Waals surface area contributed by atoms with Gasteiger partial charge >= 0.3 is 0 Å². The normalized spacial score (nSPS) is 10.5. The first-order valence-electron chi connectivity index (χ1n) is 4.94. The molecule has 0 unspecified atom stereocenters. The average molecular weight is 269 g/mol. The molecule has 0 fully saturated rings. The van der Waals surface area contributed by atoms with Gasteiger partial charge in [0, 0.05) is 24.8 Å². The van der Waals surface area contributed by atoms with Gasteiger partial charge in [-0.05, 0) is 11.8 Å². The molecule has 88 valence electrons. The summed E-state index contributed by atoms with van der Waals surface area (Å²) >= 11 is 7.11. The van der Waals surface area contributed by atoms with E-state index in [1.54, 1.807) is 6.07 Å². The van der Waals surface area contributed by atoms with Crippen molar-refractivity contribution in [2.45, 2.75) is 23.5 Å². The van der Waals surface area contributed by atoms with E-state index in [1.807, 2.05) is 6.92 Å². The number of aromatic amines is 1. The fourth-order valence-electron chi connectivity index (χ4n) is 1.16. The van der Waals surface area contributed by atoms with Crippen molar-refractivity contribution in [1.29, 1.82) is 0 Å². The van der Waals surface area contributed by atoms with Crippen molar-refractivity contribution in [3.8, 4) is 0 Å². The van der Waals surface area contributed by atoms with Crippen LogP contribution < -0.4 is 5.56 Å². The van der Waals surface area contributed by atoms with E-state index in [0.29, 0.717) is 27.6 Å². The SMILES string of the molecule is CCc1nc(Cl)cc(Sc2nccc(=O)[nH]2)n1. The maximum Gasteiger partial charge on any atom is 0.251 e. The standard InChI is InChI=1S/C10H9ClN4OS/c1-2-7-13-6(11)5-9(14-7)17-10-12-4-3-8(16)15-10/h3-5H,2H2,1H3,(H,12,15,16). The second-order valence-electron chi connectivity index (χ2n) is 3.14. The molecule has 0 spiro atoms. The Bertz CT molecular complexity index is 587. The Kier molecular flexibility index (Phi) is 3.75. The second kappa shape index (κ2) is 5.29. The van der Waals surface area contributed by atoms with Gasteiger partial charge in [-0.2, -0.15) is 0 Å². The number of H-pyrrole nitrogens is 1. The molecule has 1 N–H and O–H groups in total. The molecule has 5 nitrogen and oxygen atoms in total. The Labute approximate surface area is 107 Å². The van der Waals surface area contributed by atoms with Crippen LogP contribution >= 0.6 is 23.4 Å². The molecule has 2 rings (SSSR count). The highest BCUT2D eigenvalue weighted by Crippen LogP contribution is 2.23. The third-order valence-corrected chi connectivity index (χ3v) is 2.90. The van der Waals surface area contributed by atoms with E-state index >= 15 is 0 Å². The Morgan fingerprint density at radius 1 is 1.47 bits per heavy atom. The molecule has 2 heterocycles. The van der Waals surface area contributed by atoms with Gasteiger partial charge in [0.15, 0.2) is 5.16 Å². The van der Waals surface area contributed by atoms with Crippen molar-refractivity contribution in [3.05, 3.63) is 39.7 Å². The van der Waals surface area contributed by atoms with Crippen LogP contribution in [0.15, 0.2) is 33.3 Å². The van der Waals surface area contributed by atoms with Crippen LogP contribution in [0.2, 0.25) is 5.15 Å². The topological polar surface area (TPSA) is 71.5 Å². The van der Waals surface area contributed by atoms with Crippen LogP contribution in [-0.2, 0) is 6.42 Å². The van der Waals surface area contributed by atoms with Crippen LogP contribution in [0.3, 0.4) is 0 Å². The molecule has 0 radical (unpaired) electrons. The van der Waals surface area contributed by atoms with Crippen molar-refractivity contribution in [3.63, 3.8) is 0 Å². The molecule has 7 heteroatoms. The molecule has 2 aromatic rings. The summed E-state index contributed by atoms with van der Waals surface area (Å²) in [5.74, 6) is 0.665. The van der Waals surface area contributed by atoms with Crippen molar-refractivity contribution < 1.29 is 0 Å². The van der Waals surface area contributed by atoms with Crippen LogP contribution in [0, 0.1) is 0 Å². The van der Waals surface area contributed by atoms with Gasteiger partial charge in [0.25, 0.3) is 5.56 Å². The molecule has 17 heavy (non-hydrogen) atoms. The largest absolute Gasteiger partial charge is 0.301 e. The zero-order chi connectivity index (χ0) is 12.3. The molecule has 0 aromatic carbocycles. The Balaban J connectivity index is 2.29. The minimum Gasteiger partial charge on any atom is -0.301 e. The summed E-state index contributed by atoms with van der Waals surface area (Å²) in [5, 5.41) is 1.53. The summed E-state index contributed by atoms with van der Waals surface area (Å²) in [6.07, 6.45) is 2.15. The minimum atomic E-state index is -0.196. The highest BCUT2D eigenvalue weighted by atomic mass is 35.5. The number of halogens is 1. The molecule has 0 aliphatic rings. The fraction of sp³-hybridized carbons (Fsp3) is 0.200. The first-order chi connectivity index (χ1) is 8.17. The lowest BCUT2D eigenvalue weighted by Crippen LogP contribution is -2.05. The lowest BCUT2D eigenvalue weighted by Gasteiger charge is -2.02. The molecule has 0 saturated carbocycles. The average Bonchev–Trinajstić information content (AvgIpc) is 2.28. The van der Waals surface area contributed by atoms with Crippen LogP contribution in [-0.4, -0.2) is 19.9 Å². The molecule has 0 aliphatic carbocycles. The van der Waals surface area contributed by atoms with Crippen molar-refractivity contribution in [2.24, 2.45) is 0 Å². The van der Waals surface area contributed by atoms with E-state index in [-0.39, 0.29) is 5.56 Å². The van der Waals surface area contributed by atoms with E-state index in [1.165, 1.54) is 24.0 Å². The van der Waals surface area contributed by atoms with Gasteiger partial charge in [-0.15, -0.1) is 0 Å². The first-order valence-corrected chi connectivity index (χ1v) is 6.13. The van der Waals surface area contributed by atoms with E-state index in [4.69, 9.17) is 11.6 Å². The molecule has 2 aromatic heterocycles. The highest BCUT2D eigenvalue weighted by Gasteiger charge is 2.05. The summed E-state index contributed by atoms with van der Waals surface area (Å²) in [5.41, 5.74) is -0.196. The molecule has 0 saturated heterocycles. The molecule has 0 bridgehead atoms. The number of rotatable bonds is 3. The van der Waals surface area contributed by atoms with E-state index in [0.717, 1.165) is 0 Å². The number of hydrogen-bond acceptors (Lipinski definition) is 5. The lowest BCUT2D eigenvalue weighted by molar-refractivity contribution is 0.880. The summed E-state index contributed by atoms with van der Waals surface area (Å²) in [6, 6.07) is 2.99. The van der Waals surface area contributed by atoms with Crippen molar-refractivity contribution >= 4 is 23.4 Å². The molecule has 0 aliphatic heterocycles. The Morgan fingerprint density at radius 2 is 2.29 bits per heavy atom. The van der Waals surface area contributed by atoms with Gasteiger partial charge in [0.1, 0.15) is 16.0 Å². The van der Waals surface area contributed by atoms with Gasteiger partial charge in [-0.1, -0.05) is 18.5 Å².